The van der Waals surface area contributed by atoms with E-state index >= 15 is 0 Å². The second kappa shape index (κ2) is 7.84. The summed E-state index contributed by atoms with van der Waals surface area (Å²) in [6.07, 6.45) is 4.95. The van der Waals surface area contributed by atoms with Crippen LogP contribution in [-0.4, -0.2) is 26.4 Å². The summed E-state index contributed by atoms with van der Waals surface area (Å²) in [5.41, 5.74) is 4.03. The topological polar surface area (TPSA) is 61.9 Å². The molecule has 2 aromatic heterocycles. The second-order valence-corrected chi connectivity index (χ2v) is 7.02. The highest BCUT2D eigenvalue weighted by Crippen LogP contribution is 2.32. The van der Waals surface area contributed by atoms with Gasteiger partial charge in [0, 0.05) is 30.1 Å². The number of likely N-dealkylation sites (tertiary alicyclic amines) is 1. The van der Waals surface area contributed by atoms with Crippen molar-refractivity contribution in [1.82, 2.24) is 19.9 Å². The fourth-order valence-corrected chi connectivity index (χ4v) is 3.80. The molecule has 3 heterocycles. The molecule has 4 rings (SSSR count). The maximum Gasteiger partial charge on any atom is 0.251 e. The van der Waals surface area contributed by atoms with Crippen molar-refractivity contribution >= 4 is 0 Å². The molecule has 1 saturated heterocycles. The molecule has 27 heavy (non-hydrogen) atoms. The summed E-state index contributed by atoms with van der Waals surface area (Å²) in [5, 5.41) is 0. The lowest BCUT2D eigenvalue weighted by Crippen LogP contribution is -2.23. The maximum atomic E-state index is 11.9. The van der Waals surface area contributed by atoms with Crippen LogP contribution in [0.1, 0.15) is 42.8 Å². The van der Waals surface area contributed by atoms with Crippen molar-refractivity contribution in [2.45, 2.75) is 38.8 Å². The lowest BCUT2D eigenvalue weighted by molar-refractivity contribution is 0.244. The summed E-state index contributed by atoms with van der Waals surface area (Å²) in [4.78, 5) is 26.4. The molecule has 1 atom stereocenters. The predicted molar refractivity (Wildman–Crippen MR) is 106 cm³/mol. The third kappa shape index (κ3) is 3.98. The Labute approximate surface area is 159 Å². The third-order valence-corrected chi connectivity index (χ3v) is 5.14. The summed E-state index contributed by atoms with van der Waals surface area (Å²) in [6, 6.07) is 16.4. The number of hydrogen-bond donors (Lipinski definition) is 1. The van der Waals surface area contributed by atoms with Crippen LogP contribution in [0.25, 0.3) is 11.4 Å². The summed E-state index contributed by atoms with van der Waals surface area (Å²) in [6.45, 7) is 3.95. The molecule has 5 nitrogen and oxygen atoms in total. The number of aryl methyl sites for hydroxylation is 1. The Balaban J connectivity index is 1.58. The van der Waals surface area contributed by atoms with E-state index < -0.39 is 0 Å². The van der Waals surface area contributed by atoms with Crippen LogP contribution >= 0.6 is 0 Å². The Bertz CT molecular complexity index is 967. The summed E-state index contributed by atoms with van der Waals surface area (Å²) in [7, 11) is 0. The van der Waals surface area contributed by atoms with Gasteiger partial charge >= 0.3 is 0 Å². The standard InChI is InChI=1S/C22H24N4O/c1-2-18-14-21(27)25-22(24-18)17-8-5-7-16(13-17)15-26-12-6-10-20(26)19-9-3-4-11-23-19/h3-5,7-9,11,13-14,20H,2,6,10,12,15H2,1H3,(H,24,25,27). The Morgan fingerprint density at radius 3 is 2.93 bits per heavy atom. The van der Waals surface area contributed by atoms with E-state index in [2.05, 4.69) is 44.1 Å². The number of aromatic nitrogens is 3. The fraction of sp³-hybridized carbons (Fsp3) is 0.318. The van der Waals surface area contributed by atoms with E-state index in [-0.39, 0.29) is 5.56 Å². The number of rotatable bonds is 5. The molecular formula is C22H24N4O. The van der Waals surface area contributed by atoms with E-state index in [4.69, 9.17) is 0 Å². The number of pyridine rings is 1. The highest BCUT2D eigenvalue weighted by molar-refractivity contribution is 5.56. The molecule has 1 fully saturated rings. The van der Waals surface area contributed by atoms with Gasteiger partial charge in [0.1, 0.15) is 5.82 Å². The van der Waals surface area contributed by atoms with E-state index in [0.29, 0.717) is 11.9 Å². The minimum Gasteiger partial charge on any atom is -0.307 e. The van der Waals surface area contributed by atoms with Gasteiger partial charge in [-0.15, -0.1) is 0 Å². The van der Waals surface area contributed by atoms with Crippen LogP contribution in [-0.2, 0) is 13.0 Å². The van der Waals surface area contributed by atoms with Gasteiger partial charge in [0.05, 0.1) is 11.7 Å². The number of nitrogens with one attached hydrogen (secondary N) is 1. The molecule has 5 heteroatoms. The van der Waals surface area contributed by atoms with Crippen LogP contribution in [0.15, 0.2) is 59.5 Å². The van der Waals surface area contributed by atoms with Gasteiger partial charge in [-0.3, -0.25) is 14.7 Å². The molecule has 1 aliphatic heterocycles. The molecule has 0 bridgehead atoms. The molecule has 0 radical (unpaired) electrons. The minimum absolute atomic E-state index is 0.1000. The highest BCUT2D eigenvalue weighted by atomic mass is 16.1. The van der Waals surface area contributed by atoms with Gasteiger partial charge in [-0.2, -0.15) is 0 Å². The third-order valence-electron chi connectivity index (χ3n) is 5.14. The van der Waals surface area contributed by atoms with Crippen molar-refractivity contribution in [2.24, 2.45) is 0 Å². The van der Waals surface area contributed by atoms with Gasteiger partial charge in [0.2, 0.25) is 0 Å². The SMILES string of the molecule is CCc1cc(=O)[nH]c(-c2cccc(CN3CCCC3c3ccccn3)c2)n1. The Morgan fingerprint density at radius 1 is 1.19 bits per heavy atom. The Kier molecular flexibility index (Phi) is 5.12. The van der Waals surface area contributed by atoms with E-state index in [1.165, 1.54) is 12.0 Å². The van der Waals surface area contributed by atoms with Crippen molar-refractivity contribution in [2.75, 3.05) is 6.54 Å². The van der Waals surface area contributed by atoms with Crippen molar-refractivity contribution in [1.29, 1.82) is 0 Å². The maximum absolute atomic E-state index is 11.9. The number of aromatic amines is 1. The summed E-state index contributed by atoms with van der Waals surface area (Å²) >= 11 is 0. The zero-order valence-electron chi connectivity index (χ0n) is 15.6. The van der Waals surface area contributed by atoms with Gasteiger partial charge < -0.3 is 4.98 Å². The number of benzene rings is 1. The van der Waals surface area contributed by atoms with Gasteiger partial charge in [-0.1, -0.05) is 31.2 Å². The Hall–Kier alpha value is -2.79. The first kappa shape index (κ1) is 17.6. The van der Waals surface area contributed by atoms with Gasteiger partial charge in [-0.25, -0.2) is 4.98 Å². The quantitative estimate of drug-likeness (QED) is 0.753. The van der Waals surface area contributed by atoms with Crippen LogP contribution in [0.5, 0.6) is 0 Å². The molecule has 0 spiro atoms. The first-order valence-corrected chi connectivity index (χ1v) is 9.57. The smallest absolute Gasteiger partial charge is 0.251 e. The molecule has 1 N–H and O–H groups in total. The normalized spacial score (nSPS) is 17.3. The van der Waals surface area contributed by atoms with Crippen LogP contribution in [0.3, 0.4) is 0 Å². The first-order chi connectivity index (χ1) is 13.2. The molecule has 0 amide bonds. The summed E-state index contributed by atoms with van der Waals surface area (Å²) in [5.74, 6) is 0.642. The van der Waals surface area contributed by atoms with Crippen LogP contribution in [0.2, 0.25) is 0 Å². The highest BCUT2D eigenvalue weighted by Gasteiger charge is 2.26. The molecule has 1 aliphatic rings. The van der Waals surface area contributed by atoms with Crippen LogP contribution in [0.4, 0.5) is 0 Å². The predicted octanol–water partition coefficient (Wildman–Crippen LogP) is 3.73. The molecule has 3 aromatic rings. The monoisotopic (exact) mass is 360 g/mol. The number of hydrogen-bond acceptors (Lipinski definition) is 4. The van der Waals surface area contributed by atoms with E-state index in [1.807, 2.05) is 31.3 Å². The molecular weight excluding hydrogens is 336 g/mol. The van der Waals surface area contributed by atoms with Gasteiger partial charge in [0.15, 0.2) is 0 Å². The number of nitrogens with zero attached hydrogens (tertiary/aromatic N) is 3. The Morgan fingerprint density at radius 2 is 2.11 bits per heavy atom. The zero-order valence-corrected chi connectivity index (χ0v) is 15.6. The van der Waals surface area contributed by atoms with Crippen LogP contribution < -0.4 is 5.56 Å². The van der Waals surface area contributed by atoms with E-state index in [0.717, 1.165) is 42.9 Å². The molecule has 0 aliphatic carbocycles. The zero-order chi connectivity index (χ0) is 18.6. The molecule has 138 valence electrons. The lowest BCUT2D eigenvalue weighted by Gasteiger charge is -2.24. The van der Waals surface area contributed by atoms with Crippen molar-refractivity contribution in [3.63, 3.8) is 0 Å². The van der Waals surface area contributed by atoms with E-state index in [1.54, 1.807) is 6.07 Å². The minimum atomic E-state index is -0.1000. The average Bonchev–Trinajstić information content (AvgIpc) is 3.16. The summed E-state index contributed by atoms with van der Waals surface area (Å²) < 4.78 is 0. The largest absolute Gasteiger partial charge is 0.307 e. The molecule has 1 aromatic carbocycles. The van der Waals surface area contributed by atoms with Crippen LogP contribution in [0, 0.1) is 0 Å². The lowest BCUT2D eigenvalue weighted by atomic mass is 10.1. The van der Waals surface area contributed by atoms with Crippen molar-refractivity contribution in [3.05, 3.63) is 82.0 Å². The van der Waals surface area contributed by atoms with Gasteiger partial charge in [-0.05, 0) is 49.6 Å². The van der Waals surface area contributed by atoms with Gasteiger partial charge in [0.25, 0.3) is 5.56 Å². The molecule has 1 unspecified atom stereocenters. The fourth-order valence-electron chi connectivity index (χ4n) is 3.80. The first-order valence-electron chi connectivity index (χ1n) is 9.57. The number of H-pyrrole nitrogens is 1. The second-order valence-electron chi connectivity index (χ2n) is 7.02. The molecule has 0 saturated carbocycles. The van der Waals surface area contributed by atoms with Crippen molar-refractivity contribution in [3.8, 4) is 11.4 Å². The average molecular weight is 360 g/mol. The van der Waals surface area contributed by atoms with Crippen molar-refractivity contribution < 1.29 is 0 Å². The van der Waals surface area contributed by atoms with E-state index in [9.17, 15) is 4.79 Å².